The van der Waals surface area contributed by atoms with E-state index in [4.69, 9.17) is 11.6 Å². The molecule has 21 heavy (non-hydrogen) atoms. The van der Waals surface area contributed by atoms with Gasteiger partial charge in [-0.3, -0.25) is 9.59 Å². The molecule has 1 amide bonds. The van der Waals surface area contributed by atoms with E-state index in [2.05, 4.69) is 5.32 Å². The van der Waals surface area contributed by atoms with Crippen molar-refractivity contribution >= 4 is 40.7 Å². The van der Waals surface area contributed by atoms with Crippen LogP contribution in [0, 0.1) is 11.6 Å². The summed E-state index contributed by atoms with van der Waals surface area (Å²) in [6.45, 7) is 0. The molecule has 2 aromatic rings. The maximum absolute atomic E-state index is 13.2. The number of anilines is 1. The first-order chi connectivity index (χ1) is 9.95. The molecule has 0 saturated carbocycles. The highest BCUT2D eigenvalue weighted by Gasteiger charge is 2.29. The number of carbonyl (C=O) groups excluding carboxylic acids is 2. The zero-order valence-corrected chi connectivity index (χ0v) is 11.8. The highest BCUT2D eigenvalue weighted by atomic mass is 35.5. The minimum Gasteiger partial charge on any atom is -0.318 e. The first kappa shape index (κ1) is 14.0. The molecule has 0 radical (unpaired) electrons. The van der Waals surface area contributed by atoms with E-state index >= 15 is 0 Å². The van der Waals surface area contributed by atoms with Crippen molar-refractivity contribution in [2.75, 3.05) is 5.32 Å². The topological polar surface area (TPSA) is 46.2 Å². The fourth-order valence-electron chi connectivity index (χ4n) is 1.89. The molecule has 1 aliphatic rings. The molecule has 1 N–H and O–H groups in total. The largest absolute Gasteiger partial charge is 0.318 e. The van der Waals surface area contributed by atoms with E-state index in [-0.39, 0.29) is 10.6 Å². The van der Waals surface area contributed by atoms with Crippen molar-refractivity contribution in [2.24, 2.45) is 0 Å². The summed E-state index contributed by atoms with van der Waals surface area (Å²) in [6, 6.07) is 6.40. The van der Waals surface area contributed by atoms with Gasteiger partial charge in [0.1, 0.15) is 0 Å². The molecule has 7 heteroatoms. The molecule has 2 aromatic carbocycles. The van der Waals surface area contributed by atoms with Gasteiger partial charge in [0.15, 0.2) is 11.6 Å². The van der Waals surface area contributed by atoms with Crippen LogP contribution in [0.4, 0.5) is 14.5 Å². The van der Waals surface area contributed by atoms with Gasteiger partial charge in [0.05, 0.1) is 16.3 Å². The zero-order valence-electron chi connectivity index (χ0n) is 10.2. The first-order valence-electron chi connectivity index (χ1n) is 5.78. The lowest BCUT2D eigenvalue weighted by atomic mass is 10.1. The number of benzene rings is 2. The van der Waals surface area contributed by atoms with Gasteiger partial charge in [0, 0.05) is 9.79 Å². The maximum atomic E-state index is 13.2. The van der Waals surface area contributed by atoms with Gasteiger partial charge >= 0.3 is 0 Å². The van der Waals surface area contributed by atoms with Crippen molar-refractivity contribution < 1.29 is 18.4 Å². The van der Waals surface area contributed by atoms with Gasteiger partial charge in [0.25, 0.3) is 11.7 Å². The molecule has 0 spiro atoms. The van der Waals surface area contributed by atoms with Crippen LogP contribution in [-0.4, -0.2) is 11.7 Å². The number of rotatable bonds is 2. The van der Waals surface area contributed by atoms with Crippen LogP contribution in [0.1, 0.15) is 10.4 Å². The molecule has 3 rings (SSSR count). The average Bonchev–Trinajstić information content (AvgIpc) is 2.70. The Morgan fingerprint density at radius 2 is 1.81 bits per heavy atom. The molecular formula is C14H6ClF2NO2S. The fourth-order valence-corrected chi connectivity index (χ4v) is 3.06. The second-order valence-corrected chi connectivity index (χ2v) is 5.81. The molecule has 0 aromatic heterocycles. The Hall–Kier alpha value is -1.92. The molecule has 0 saturated heterocycles. The molecule has 0 unspecified atom stereocenters. The SMILES string of the molecule is O=C1Nc2cc(Sc3ccc(F)c(F)c3)c(Cl)cc2C1=O. The Balaban J connectivity index is 1.97. The standard InChI is InChI=1S/C14H6ClF2NO2S/c15-8-4-7-11(18-14(20)13(7)19)5-12(8)21-6-1-2-9(16)10(17)3-6/h1-5H,(H,18,19,20). The Bertz CT molecular complexity index is 795. The lowest BCUT2D eigenvalue weighted by Crippen LogP contribution is -2.12. The number of hydrogen-bond acceptors (Lipinski definition) is 3. The summed E-state index contributed by atoms with van der Waals surface area (Å²) in [6.07, 6.45) is 0. The number of ketones is 1. The summed E-state index contributed by atoms with van der Waals surface area (Å²) in [5.41, 5.74) is 0.569. The van der Waals surface area contributed by atoms with Crippen LogP contribution in [0.15, 0.2) is 40.1 Å². The first-order valence-corrected chi connectivity index (χ1v) is 6.97. The summed E-state index contributed by atoms with van der Waals surface area (Å²) in [5, 5.41) is 2.68. The highest BCUT2D eigenvalue weighted by Crippen LogP contribution is 2.38. The lowest BCUT2D eigenvalue weighted by molar-refractivity contribution is -0.112. The van der Waals surface area contributed by atoms with Crippen molar-refractivity contribution in [3.63, 3.8) is 0 Å². The second kappa shape index (κ2) is 5.13. The average molecular weight is 326 g/mol. The van der Waals surface area contributed by atoms with E-state index in [9.17, 15) is 18.4 Å². The number of carbonyl (C=O) groups is 2. The molecule has 0 fully saturated rings. The number of Topliss-reactive ketones (excluding diaryl/α,β-unsaturated/α-hetero) is 1. The van der Waals surface area contributed by atoms with Crippen molar-refractivity contribution in [1.82, 2.24) is 0 Å². The Labute approximate surface area is 127 Å². The highest BCUT2D eigenvalue weighted by molar-refractivity contribution is 7.99. The van der Waals surface area contributed by atoms with Gasteiger partial charge in [-0.25, -0.2) is 8.78 Å². The summed E-state index contributed by atoms with van der Waals surface area (Å²) >= 11 is 7.17. The zero-order chi connectivity index (χ0) is 15.1. The van der Waals surface area contributed by atoms with Crippen LogP contribution < -0.4 is 5.32 Å². The van der Waals surface area contributed by atoms with E-state index in [1.807, 2.05) is 0 Å². The predicted octanol–water partition coefficient (Wildman–Crippen LogP) is 3.90. The van der Waals surface area contributed by atoms with Crippen molar-refractivity contribution in [3.8, 4) is 0 Å². The van der Waals surface area contributed by atoms with Crippen LogP contribution in [-0.2, 0) is 4.79 Å². The molecule has 3 nitrogen and oxygen atoms in total. The van der Waals surface area contributed by atoms with Gasteiger partial charge in [-0.1, -0.05) is 23.4 Å². The molecule has 106 valence electrons. The second-order valence-electron chi connectivity index (χ2n) is 4.29. The molecular weight excluding hydrogens is 320 g/mol. The van der Waals surface area contributed by atoms with Crippen LogP contribution in [0.3, 0.4) is 0 Å². The Kier molecular flexibility index (Phi) is 3.43. The third-order valence-electron chi connectivity index (χ3n) is 2.89. The van der Waals surface area contributed by atoms with Crippen LogP contribution in [0.2, 0.25) is 5.02 Å². The number of hydrogen-bond donors (Lipinski definition) is 1. The maximum Gasteiger partial charge on any atom is 0.296 e. The number of nitrogens with one attached hydrogen (secondary N) is 1. The minimum absolute atomic E-state index is 0.208. The van der Waals surface area contributed by atoms with Crippen molar-refractivity contribution in [2.45, 2.75) is 9.79 Å². The van der Waals surface area contributed by atoms with Gasteiger partial charge in [-0.05, 0) is 30.3 Å². The summed E-state index contributed by atoms with van der Waals surface area (Å²) in [7, 11) is 0. The molecule has 0 aliphatic carbocycles. The fraction of sp³-hybridized carbons (Fsp3) is 0. The summed E-state index contributed by atoms with van der Waals surface area (Å²) < 4.78 is 26.1. The number of fused-ring (bicyclic) bond motifs is 1. The van der Waals surface area contributed by atoms with Crippen LogP contribution >= 0.6 is 23.4 Å². The minimum atomic E-state index is -0.958. The monoisotopic (exact) mass is 325 g/mol. The van der Waals surface area contributed by atoms with E-state index in [1.54, 1.807) is 0 Å². The normalized spacial score (nSPS) is 13.3. The smallest absolute Gasteiger partial charge is 0.296 e. The van der Waals surface area contributed by atoms with Crippen molar-refractivity contribution in [3.05, 3.63) is 52.6 Å². The van der Waals surface area contributed by atoms with Crippen LogP contribution in [0.5, 0.6) is 0 Å². The lowest BCUT2D eigenvalue weighted by Gasteiger charge is -2.07. The Morgan fingerprint density at radius 3 is 2.52 bits per heavy atom. The van der Waals surface area contributed by atoms with E-state index in [1.165, 1.54) is 18.2 Å². The third-order valence-corrected chi connectivity index (χ3v) is 4.36. The van der Waals surface area contributed by atoms with Gasteiger partial charge in [-0.15, -0.1) is 0 Å². The Morgan fingerprint density at radius 1 is 1.05 bits per heavy atom. The van der Waals surface area contributed by atoms with E-state index in [0.717, 1.165) is 23.9 Å². The molecule has 0 atom stereocenters. The predicted molar refractivity (Wildman–Crippen MR) is 74.9 cm³/mol. The van der Waals surface area contributed by atoms with Crippen LogP contribution in [0.25, 0.3) is 0 Å². The number of halogens is 3. The quantitative estimate of drug-likeness (QED) is 0.852. The van der Waals surface area contributed by atoms with Gasteiger partial charge < -0.3 is 5.32 Å². The van der Waals surface area contributed by atoms with E-state index in [0.29, 0.717) is 15.5 Å². The molecule has 0 bridgehead atoms. The number of amides is 1. The summed E-state index contributed by atoms with van der Waals surface area (Å²) in [4.78, 5) is 23.8. The summed E-state index contributed by atoms with van der Waals surface area (Å²) in [5.74, 6) is -3.25. The molecule has 1 heterocycles. The third kappa shape index (κ3) is 2.52. The van der Waals surface area contributed by atoms with Gasteiger partial charge in [-0.2, -0.15) is 0 Å². The molecule has 1 aliphatic heterocycles. The van der Waals surface area contributed by atoms with Gasteiger partial charge in [0.2, 0.25) is 0 Å². The van der Waals surface area contributed by atoms with Crippen molar-refractivity contribution in [1.29, 1.82) is 0 Å². The van der Waals surface area contributed by atoms with E-state index < -0.39 is 23.3 Å².